The highest BCUT2D eigenvalue weighted by Crippen LogP contribution is 2.23. The molecular formula is C18H26N2O2. The summed E-state index contributed by atoms with van der Waals surface area (Å²) in [4.78, 5) is 25.4. The Hall–Kier alpha value is -1.84. The highest BCUT2D eigenvalue weighted by molar-refractivity contribution is 5.79. The van der Waals surface area contributed by atoms with Crippen molar-refractivity contribution < 1.29 is 9.59 Å². The molecule has 2 rings (SSSR count). The van der Waals surface area contributed by atoms with Crippen molar-refractivity contribution in [1.82, 2.24) is 4.90 Å². The Bertz CT molecular complexity index is 516. The molecular weight excluding hydrogens is 276 g/mol. The van der Waals surface area contributed by atoms with Gasteiger partial charge in [0.25, 0.3) is 0 Å². The van der Waals surface area contributed by atoms with E-state index in [2.05, 4.69) is 38.1 Å². The maximum absolute atomic E-state index is 12.4. The number of piperidine rings is 1. The number of nitrogens with two attached hydrogens (primary N) is 1. The van der Waals surface area contributed by atoms with E-state index >= 15 is 0 Å². The molecule has 1 atom stereocenters. The molecule has 1 aromatic carbocycles. The zero-order valence-corrected chi connectivity index (χ0v) is 13.5. The number of rotatable bonds is 5. The van der Waals surface area contributed by atoms with E-state index in [0.29, 0.717) is 32.4 Å². The quantitative estimate of drug-likeness (QED) is 0.908. The lowest BCUT2D eigenvalue weighted by Crippen LogP contribution is -2.42. The molecule has 0 aliphatic carbocycles. The number of hydrogen-bond donors (Lipinski definition) is 1. The fraction of sp³-hybridized carbons (Fsp3) is 0.556. The third-order valence-electron chi connectivity index (χ3n) is 4.69. The molecule has 2 N–H and O–H groups in total. The molecule has 1 heterocycles. The van der Waals surface area contributed by atoms with E-state index in [0.717, 1.165) is 6.42 Å². The number of primary amides is 1. The van der Waals surface area contributed by atoms with Gasteiger partial charge in [0.2, 0.25) is 11.8 Å². The van der Waals surface area contributed by atoms with Gasteiger partial charge >= 0.3 is 0 Å². The van der Waals surface area contributed by atoms with Crippen molar-refractivity contribution in [3.05, 3.63) is 35.4 Å². The van der Waals surface area contributed by atoms with Crippen molar-refractivity contribution in [2.45, 2.75) is 45.4 Å². The van der Waals surface area contributed by atoms with E-state index in [4.69, 9.17) is 5.73 Å². The van der Waals surface area contributed by atoms with E-state index < -0.39 is 0 Å². The Morgan fingerprint density at radius 3 is 2.32 bits per heavy atom. The summed E-state index contributed by atoms with van der Waals surface area (Å²) in [5, 5.41) is 0. The third kappa shape index (κ3) is 4.09. The summed E-state index contributed by atoms with van der Waals surface area (Å²) < 4.78 is 0. The van der Waals surface area contributed by atoms with Crippen molar-refractivity contribution in [1.29, 1.82) is 0 Å². The zero-order valence-electron chi connectivity index (χ0n) is 13.5. The van der Waals surface area contributed by atoms with Gasteiger partial charge in [0.05, 0.1) is 0 Å². The Kier molecular flexibility index (Phi) is 5.58. The van der Waals surface area contributed by atoms with Crippen LogP contribution in [0.4, 0.5) is 0 Å². The van der Waals surface area contributed by atoms with Gasteiger partial charge in [0, 0.05) is 25.4 Å². The predicted molar refractivity (Wildman–Crippen MR) is 87.4 cm³/mol. The SMILES string of the molecule is CCc1ccc(C(C)CC(=O)N2CCC(C(N)=O)CC2)cc1. The van der Waals surface area contributed by atoms with Crippen LogP contribution in [0.1, 0.15) is 50.2 Å². The first-order valence-corrected chi connectivity index (χ1v) is 8.17. The topological polar surface area (TPSA) is 63.4 Å². The molecule has 2 amide bonds. The summed E-state index contributed by atoms with van der Waals surface area (Å²) >= 11 is 0. The van der Waals surface area contributed by atoms with Crippen molar-refractivity contribution >= 4 is 11.8 Å². The average Bonchev–Trinajstić information content (AvgIpc) is 2.54. The number of hydrogen-bond acceptors (Lipinski definition) is 2. The predicted octanol–water partition coefficient (Wildman–Crippen LogP) is 2.47. The van der Waals surface area contributed by atoms with Gasteiger partial charge in [-0.25, -0.2) is 0 Å². The standard InChI is InChI=1S/C18H26N2O2/c1-3-14-4-6-15(7-5-14)13(2)12-17(21)20-10-8-16(9-11-20)18(19)22/h4-7,13,16H,3,8-12H2,1-2H3,(H2,19,22). The third-order valence-corrected chi connectivity index (χ3v) is 4.69. The van der Waals surface area contributed by atoms with Crippen LogP contribution in [-0.2, 0) is 16.0 Å². The largest absolute Gasteiger partial charge is 0.369 e. The van der Waals surface area contributed by atoms with Crippen molar-refractivity contribution in [3.8, 4) is 0 Å². The molecule has 0 radical (unpaired) electrons. The first-order valence-electron chi connectivity index (χ1n) is 8.17. The Morgan fingerprint density at radius 1 is 1.23 bits per heavy atom. The maximum atomic E-state index is 12.4. The van der Waals surface area contributed by atoms with Crippen molar-refractivity contribution in [2.24, 2.45) is 11.7 Å². The molecule has 1 aliphatic rings. The second-order valence-corrected chi connectivity index (χ2v) is 6.26. The van der Waals surface area contributed by atoms with Crippen molar-refractivity contribution in [3.63, 3.8) is 0 Å². The van der Waals surface area contributed by atoms with E-state index in [1.807, 2.05) is 4.90 Å². The van der Waals surface area contributed by atoms with E-state index in [9.17, 15) is 9.59 Å². The molecule has 0 bridgehead atoms. The number of nitrogens with zero attached hydrogens (tertiary/aromatic N) is 1. The second-order valence-electron chi connectivity index (χ2n) is 6.26. The minimum atomic E-state index is -0.239. The Labute approximate surface area is 132 Å². The number of benzene rings is 1. The smallest absolute Gasteiger partial charge is 0.223 e. The Morgan fingerprint density at radius 2 is 1.82 bits per heavy atom. The lowest BCUT2D eigenvalue weighted by molar-refractivity contribution is -0.135. The first kappa shape index (κ1) is 16.5. The fourth-order valence-electron chi connectivity index (χ4n) is 3.00. The molecule has 120 valence electrons. The molecule has 1 aliphatic heterocycles. The lowest BCUT2D eigenvalue weighted by Gasteiger charge is -2.31. The van der Waals surface area contributed by atoms with Crippen LogP contribution in [0.15, 0.2) is 24.3 Å². The summed E-state index contributed by atoms with van der Waals surface area (Å²) in [6.45, 7) is 5.52. The summed E-state index contributed by atoms with van der Waals surface area (Å²) in [5.74, 6) is 0.0850. The summed E-state index contributed by atoms with van der Waals surface area (Å²) in [6, 6.07) is 8.51. The molecule has 1 saturated heterocycles. The minimum absolute atomic E-state index is 0.0666. The maximum Gasteiger partial charge on any atom is 0.223 e. The fourth-order valence-corrected chi connectivity index (χ4v) is 3.00. The van der Waals surface area contributed by atoms with Gasteiger partial charge in [0.15, 0.2) is 0 Å². The van der Waals surface area contributed by atoms with Crippen LogP contribution in [0.3, 0.4) is 0 Å². The van der Waals surface area contributed by atoms with Gasteiger partial charge in [-0.2, -0.15) is 0 Å². The molecule has 4 nitrogen and oxygen atoms in total. The Balaban J connectivity index is 1.87. The van der Waals surface area contributed by atoms with Crippen LogP contribution in [-0.4, -0.2) is 29.8 Å². The van der Waals surface area contributed by atoms with Crippen LogP contribution in [0.2, 0.25) is 0 Å². The molecule has 22 heavy (non-hydrogen) atoms. The van der Waals surface area contributed by atoms with Crippen LogP contribution in [0.25, 0.3) is 0 Å². The number of amides is 2. The monoisotopic (exact) mass is 302 g/mol. The molecule has 0 saturated carbocycles. The van der Waals surface area contributed by atoms with Gasteiger partial charge in [-0.05, 0) is 36.3 Å². The van der Waals surface area contributed by atoms with Gasteiger partial charge in [-0.3, -0.25) is 9.59 Å². The van der Waals surface area contributed by atoms with Crippen LogP contribution in [0.5, 0.6) is 0 Å². The molecule has 0 spiro atoms. The van der Waals surface area contributed by atoms with Gasteiger partial charge in [-0.1, -0.05) is 38.1 Å². The second kappa shape index (κ2) is 7.43. The molecule has 0 aromatic heterocycles. The lowest BCUT2D eigenvalue weighted by atomic mass is 9.93. The summed E-state index contributed by atoms with van der Waals surface area (Å²) in [6.07, 6.45) is 2.94. The van der Waals surface area contributed by atoms with Crippen LogP contribution >= 0.6 is 0 Å². The van der Waals surface area contributed by atoms with E-state index in [1.54, 1.807) is 0 Å². The first-order chi connectivity index (χ1) is 10.5. The van der Waals surface area contributed by atoms with Gasteiger partial charge in [-0.15, -0.1) is 0 Å². The van der Waals surface area contributed by atoms with Gasteiger partial charge < -0.3 is 10.6 Å². The molecule has 1 aromatic rings. The number of aryl methyl sites for hydroxylation is 1. The number of likely N-dealkylation sites (tertiary alicyclic amines) is 1. The van der Waals surface area contributed by atoms with E-state index in [1.165, 1.54) is 11.1 Å². The van der Waals surface area contributed by atoms with Gasteiger partial charge in [0.1, 0.15) is 0 Å². The van der Waals surface area contributed by atoms with Crippen LogP contribution in [0, 0.1) is 5.92 Å². The summed E-state index contributed by atoms with van der Waals surface area (Å²) in [7, 11) is 0. The highest BCUT2D eigenvalue weighted by Gasteiger charge is 2.26. The molecule has 1 unspecified atom stereocenters. The molecule has 1 fully saturated rings. The van der Waals surface area contributed by atoms with Crippen molar-refractivity contribution in [2.75, 3.05) is 13.1 Å². The molecule has 4 heteroatoms. The van der Waals surface area contributed by atoms with Crippen LogP contribution < -0.4 is 5.73 Å². The van der Waals surface area contributed by atoms with E-state index in [-0.39, 0.29) is 23.7 Å². The normalized spacial score (nSPS) is 17.3. The minimum Gasteiger partial charge on any atom is -0.369 e. The zero-order chi connectivity index (χ0) is 16.1. The average molecular weight is 302 g/mol. The number of carbonyl (C=O) groups is 2. The highest BCUT2D eigenvalue weighted by atomic mass is 16.2. The number of carbonyl (C=O) groups excluding carboxylic acids is 2. The summed E-state index contributed by atoms with van der Waals surface area (Å²) in [5.41, 5.74) is 7.85.